The van der Waals surface area contributed by atoms with Crippen LogP contribution >= 0.6 is 11.6 Å². The van der Waals surface area contributed by atoms with Crippen molar-refractivity contribution in [2.45, 2.75) is 26.2 Å². The SMILES string of the molecule is CC(C)c1ccccc1Oc1ccc(CCN)c(Cl)c1. The van der Waals surface area contributed by atoms with Crippen LogP contribution in [-0.4, -0.2) is 6.54 Å². The van der Waals surface area contributed by atoms with Crippen LogP contribution < -0.4 is 10.5 Å². The first-order chi connectivity index (χ1) is 9.61. The number of halogens is 1. The first-order valence-corrected chi connectivity index (χ1v) is 7.25. The van der Waals surface area contributed by atoms with Gasteiger partial charge in [0.1, 0.15) is 11.5 Å². The lowest BCUT2D eigenvalue weighted by Gasteiger charge is -2.14. The van der Waals surface area contributed by atoms with Crippen LogP contribution in [0.1, 0.15) is 30.9 Å². The largest absolute Gasteiger partial charge is 0.457 e. The topological polar surface area (TPSA) is 35.2 Å². The molecule has 0 atom stereocenters. The molecule has 3 heteroatoms. The van der Waals surface area contributed by atoms with Crippen molar-refractivity contribution in [3.8, 4) is 11.5 Å². The monoisotopic (exact) mass is 289 g/mol. The first-order valence-electron chi connectivity index (χ1n) is 6.87. The van der Waals surface area contributed by atoms with Crippen LogP contribution in [0.4, 0.5) is 0 Å². The zero-order valence-corrected chi connectivity index (χ0v) is 12.7. The van der Waals surface area contributed by atoms with Crippen molar-refractivity contribution in [1.82, 2.24) is 0 Å². The van der Waals surface area contributed by atoms with E-state index in [0.717, 1.165) is 23.5 Å². The fourth-order valence-electron chi connectivity index (χ4n) is 2.13. The summed E-state index contributed by atoms with van der Waals surface area (Å²) in [4.78, 5) is 0. The Morgan fingerprint density at radius 1 is 1.15 bits per heavy atom. The molecule has 0 aliphatic heterocycles. The molecule has 0 bridgehead atoms. The fraction of sp³-hybridized carbons (Fsp3) is 0.294. The Bertz CT molecular complexity index is 581. The molecule has 0 aliphatic rings. The highest BCUT2D eigenvalue weighted by Gasteiger charge is 2.09. The second-order valence-electron chi connectivity index (χ2n) is 5.09. The Labute approximate surface area is 125 Å². The second-order valence-corrected chi connectivity index (χ2v) is 5.49. The average molecular weight is 290 g/mol. The van der Waals surface area contributed by atoms with Gasteiger partial charge in [0, 0.05) is 5.02 Å². The molecule has 0 saturated carbocycles. The van der Waals surface area contributed by atoms with Gasteiger partial charge >= 0.3 is 0 Å². The zero-order valence-electron chi connectivity index (χ0n) is 11.9. The summed E-state index contributed by atoms with van der Waals surface area (Å²) in [6, 6.07) is 13.8. The molecule has 0 spiro atoms. The highest BCUT2D eigenvalue weighted by molar-refractivity contribution is 6.31. The molecule has 0 fully saturated rings. The minimum absolute atomic E-state index is 0.415. The molecular weight excluding hydrogens is 270 g/mol. The second kappa shape index (κ2) is 6.78. The number of para-hydroxylation sites is 1. The molecule has 2 rings (SSSR count). The number of rotatable bonds is 5. The van der Waals surface area contributed by atoms with Gasteiger partial charge in [0.15, 0.2) is 0 Å². The fourth-order valence-corrected chi connectivity index (χ4v) is 2.39. The normalized spacial score (nSPS) is 10.8. The van der Waals surface area contributed by atoms with Crippen LogP contribution in [0, 0.1) is 0 Å². The van der Waals surface area contributed by atoms with Crippen molar-refractivity contribution in [3.63, 3.8) is 0 Å². The minimum Gasteiger partial charge on any atom is -0.457 e. The molecule has 2 aromatic carbocycles. The molecule has 2 N–H and O–H groups in total. The maximum absolute atomic E-state index is 6.24. The van der Waals surface area contributed by atoms with Crippen molar-refractivity contribution < 1.29 is 4.74 Å². The lowest BCUT2D eigenvalue weighted by atomic mass is 10.0. The average Bonchev–Trinajstić information content (AvgIpc) is 2.42. The van der Waals surface area contributed by atoms with E-state index in [1.54, 1.807) is 0 Å². The van der Waals surface area contributed by atoms with E-state index in [2.05, 4.69) is 19.9 Å². The summed E-state index contributed by atoms with van der Waals surface area (Å²) in [6.45, 7) is 4.90. The van der Waals surface area contributed by atoms with Gasteiger partial charge in [0.05, 0.1) is 0 Å². The highest BCUT2D eigenvalue weighted by atomic mass is 35.5. The summed E-state index contributed by atoms with van der Waals surface area (Å²) in [6.07, 6.45) is 0.779. The van der Waals surface area contributed by atoms with E-state index >= 15 is 0 Å². The maximum Gasteiger partial charge on any atom is 0.130 e. The zero-order chi connectivity index (χ0) is 14.5. The molecule has 0 heterocycles. The summed E-state index contributed by atoms with van der Waals surface area (Å²) >= 11 is 6.24. The van der Waals surface area contributed by atoms with Crippen molar-refractivity contribution >= 4 is 11.6 Å². The summed E-state index contributed by atoms with van der Waals surface area (Å²) in [7, 11) is 0. The molecule has 2 nitrogen and oxygen atoms in total. The first kappa shape index (κ1) is 14.9. The molecule has 0 radical (unpaired) electrons. The van der Waals surface area contributed by atoms with Gasteiger partial charge < -0.3 is 10.5 Å². The Morgan fingerprint density at radius 2 is 1.90 bits per heavy atom. The van der Waals surface area contributed by atoms with Gasteiger partial charge in [-0.2, -0.15) is 0 Å². The van der Waals surface area contributed by atoms with E-state index in [0.29, 0.717) is 17.5 Å². The third-order valence-corrected chi connectivity index (χ3v) is 3.56. The van der Waals surface area contributed by atoms with Gasteiger partial charge in [-0.25, -0.2) is 0 Å². The predicted molar refractivity (Wildman–Crippen MR) is 84.8 cm³/mol. The van der Waals surface area contributed by atoms with E-state index in [1.807, 2.05) is 36.4 Å². The number of hydrogen-bond donors (Lipinski definition) is 1. The van der Waals surface area contributed by atoms with Gasteiger partial charge in [-0.15, -0.1) is 0 Å². The van der Waals surface area contributed by atoms with Crippen LogP contribution in [0.25, 0.3) is 0 Å². The van der Waals surface area contributed by atoms with Crippen LogP contribution in [0.15, 0.2) is 42.5 Å². The standard InChI is InChI=1S/C17H20ClNO/c1-12(2)15-5-3-4-6-17(15)20-14-8-7-13(9-10-19)16(18)11-14/h3-8,11-12H,9-10,19H2,1-2H3. The summed E-state index contributed by atoms with van der Waals surface area (Å²) < 4.78 is 5.97. The van der Waals surface area contributed by atoms with E-state index in [1.165, 1.54) is 5.56 Å². The Hall–Kier alpha value is -1.51. The van der Waals surface area contributed by atoms with Gasteiger partial charge in [0.2, 0.25) is 0 Å². The molecule has 0 unspecified atom stereocenters. The smallest absolute Gasteiger partial charge is 0.130 e. The molecule has 0 aliphatic carbocycles. The number of nitrogens with two attached hydrogens (primary N) is 1. The van der Waals surface area contributed by atoms with Gasteiger partial charge in [0.25, 0.3) is 0 Å². The van der Waals surface area contributed by atoms with Crippen LogP contribution in [0.3, 0.4) is 0 Å². The van der Waals surface area contributed by atoms with Crippen LogP contribution in [-0.2, 0) is 6.42 Å². The molecule has 2 aromatic rings. The van der Waals surface area contributed by atoms with E-state index in [4.69, 9.17) is 22.1 Å². The Kier molecular flexibility index (Phi) is 5.05. The minimum atomic E-state index is 0.415. The van der Waals surface area contributed by atoms with Gasteiger partial charge in [-0.05, 0) is 48.2 Å². The van der Waals surface area contributed by atoms with Crippen LogP contribution in [0.2, 0.25) is 5.02 Å². The summed E-state index contributed by atoms with van der Waals surface area (Å²) in [5, 5.41) is 0.704. The molecule has 106 valence electrons. The van der Waals surface area contributed by atoms with Gasteiger partial charge in [-0.3, -0.25) is 0 Å². The lowest BCUT2D eigenvalue weighted by molar-refractivity contribution is 0.473. The Balaban J connectivity index is 2.24. The van der Waals surface area contributed by atoms with Crippen molar-refractivity contribution in [1.29, 1.82) is 0 Å². The predicted octanol–water partition coefficient (Wildman–Crippen LogP) is 4.76. The summed E-state index contributed by atoms with van der Waals surface area (Å²) in [5.74, 6) is 2.05. The van der Waals surface area contributed by atoms with Crippen molar-refractivity contribution in [2.75, 3.05) is 6.54 Å². The molecular formula is C17H20ClNO. The van der Waals surface area contributed by atoms with E-state index in [-0.39, 0.29) is 0 Å². The molecule has 0 saturated heterocycles. The van der Waals surface area contributed by atoms with Crippen molar-refractivity contribution in [3.05, 3.63) is 58.6 Å². The van der Waals surface area contributed by atoms with Crippen LogP contribution in [0.5, 0.6) is 11.5 Å². The number of benzene rings is 2. The molecule has 20 heavy (non-hydrogen) atoms. The van der Waals surface area contributed by atoms with Crippen molar-refractivity contribution in [2.24, 2.45) is 5.73 Å². The third kappa shape index (κ3) is 3.53. The summed E-state index contributed by atoms with van der Waals surface area (Å²) in [5.41, 5.74) is 7.80. The molecule has 0 amide bonds. The van der Waals surface area contributed by atoms with Gasteiger partial charge in [-0.1, -0.05) is 49.7 Å². The Morgan fingerprint density at radius 3 is 2.55 bits per heavy atom. The highest BCUT2D eigenvalue weighted by Crippen LogP contribution is 2.32. The maximum atomic E-state index is 6.24. The third-order valence-electron chi connectivity index (χ3n) is 3.21. The number of ether oxygens (including phenoxy) is 1. The quantitative estimate of drug-likeness (QED) is 0.861. The lowest BCUT2D eigenvalue weighted by Crippen LogP contribution is -2.03. The van der Waals surface area contributed by atoms with E-state index < -0.39 is 0 Å². The number of hydrogen-bond acceptors (Lipinski definition) is 2. The van der Waals surface area contributed by atoms with E-state index in [9.17, 15) is 0 Å². The molecule has 0 aromatic heterocycles.